The van der Waals surface area contributed by atoms with E-state index in [1.54, 1.807) is 0 Å². The monoisotopic (exact) mass is 203 g/mol. The van der Waals surface area contributed by atoms with Crippen molar-refractivity contribution in [2.45, 2.75) is 6.54 Å². The van der Waals surface area contributed by atoms with Crippen molar-refractivity contribution in [3.63, 3.8) is 0 Å². The molecule has 1 heterocycles. The highest BCUT2D eigenvalue weighted by atomic mass is 16.4. The van der Waals surface area contributed by atoms with Gasteiger partial charge in [-0.2, -0.15) is 5.10 Å². The molecule has 2 aromatic rings. The van der Waals surface area contributed by atoms with Crippen LogP contribution in [-0.4, -0.2) is 25.8 Å². The van der Waals surface area contributed by atoms with Crippen molar-refractivity contribution in [3.8, 4) is 0 Å². The molecule has 0 spiro atoms. The SMILES string of the molecule is O=C(O)c1ncnn1Cc1ccccc1. The molecule has 0 atom stereocenters. The second-order valence-corrected chi connectivity index (χ2v) is 3.03. The molecule has 0 aliphatic carbocycles. The smallest absolute Gasteiger partial charge is 0.373 e. The van der Waals surface area contributed by atoms with E-state index in [1.807, 2.05) is 30.3 Å². The first-order valence-corrected chi connectivity index (χ1v) is 4.42. The molecule has 0 radical (unpaired) electrons. The van der Waals surface area contributed by atoms with Crippen LogP contribution in [0.15, 0.2) is 36.7 Å². The number of carboxylic acid groups (broad SMARTS) is 1. The topological polar surface area (TPSA) is 68.0 Å². The van der Waals surface area contributed by atoms with Gasteiger partial charge in [-0.15, -0.1) is 0 Å². The van der Waals surface area contributed by atoms with Crippen molar-refractivity contribution in [3.05, 3.63) is 48.0 Å². The largest absolute Gasteiger partial charge is 0.475 e. The highest BCUT2D eigenvalue weighted by Crippen LogP contribution is 2.03. The van der Waals surface area contributed by atoms with Crippen LogP contribution in [0.4, 0.5) is 0 Å². The van der Waals surface area contributed by atoms with Gasteiger partial charge in [0.15, 0.2) is 0 Å². The number of aromatic nitrogens is 3. The Morgan fingerprint density at radius 2 is 2.07 bits per heavy atom. The summed E-state index contributed by atoms with van der Waals surface area (Å²) in [4.78, 5) is 14.4. The van der Waals surface area contributed by atoms with E-state index in [0.29, 0.717) is 6.54 Å². The van der Waals surface area contributed by atoms with Gasteiger partial charge >= 0.3 is 5.97 Å². The maximum atomic E-state index is 10.7. The predicted octanol–water partition coefficient (Wildman–Crippen LogP) is 1.02. The Balaban J connectivity index is 2.25. The average Bonchev–Trinajstić information content (AvgIpc) is 2.67. The molecule has 1 aromatic carbocycles. The molecule has 5 heteroatoms. The lowest BCUT2D eigenvalue weighted by Gasteiger charge is -2.02. The minimum atomic E-state index is -1.07. The van der Waals surface area contributed by atoms with Gasteiger partial charge in [-0.3, -0.25) is 0 Å². The third kappa shape index (κ3) is 2.01. The summed E-state index contributed by atoms with van der Waals surface area (Å²) in [6.07, 6.45) is 1.24. The molecule has 2 rings (SSSR count). The van der Waals surface area contributed by atoms with Crippen molar-refractivity contribution >= 4 is 5.97 Å². The second-order valence-electron chi connectivity index (χ2n) is 3.03. The number of hydrogen-bond donors (Lipinski definition) is 1. The standard InChI is InChI=1S/C10H9N3O2/c14-10(15)9-11-7-12-13(9)6-8-4-2-1-3-5-8/h1-5,7H,6H2,(H,14,15). The summed E-state index contributed by atoms with van der Waals surface area (Å²) < 4.78 is 1.36. The summed E-state index contributed by atoms with van der Waals surface area (Å²) in [5.41, 5.74) is 0.991. The van der Waals surface area contributed by atoms with E-state index in [-0.39, 0.29) is 5.82 Å². The van der Waals surface area contributed by atoms with Crippen LogP contribution in [0.1, 0.15) is 16.2 Å². The first-order valence-electron chi connectivity index (χ1n) is 4.42. The number of carboxylic acids is 1. The van der Waals surface area contributed by atoms with Crippen LogP contribution in [0.5, 0.6) is 0 Å². The predicted molar refractivity (Wildman–Crippen MR) is 52.5 cm³/mol. The molecule has 0 aliphatic rings. The van der Waals surface area contributed by atoms with Gasteiger partial charge < -0.3 is 5.11 Å². The molecule has 0 unspecified atom stereocenters. The van der Waals surface area contributed by atoms with Crippen LogP contribution in [0.2, 0.25) is 0 Å². The maximum Gasteiger partial charge on any atom is 0.373 e. The Labute approximate surface area is 86.0 Å². The minimum absolute atomic E-state index is 0.0427. The van der Waals surface area contributed by atoms with E-state index in [9.17, 15) is 4.79 Å². The molecule has 1 N–H and O–H groups in total. The van der Waals surface area contributed by atoms with Crippen molar-refractivity contribution in [1.29, 1.82) is 0 Å². The third-order valence-electron chi connectivity index (χ3n) is 1.98. The molecule has 1 aromatic heterocycles. The van der Waals surface area contributed by atoms with Gasteiger partial charge in [-0.25, -0.2) is 14.5 Å². The van der Waals surface area contributed by atoms with Crippen LogP contribution in [-0.2, 0) is 6.54 Å². The Morgan fingerprint density at radius 3 is 2.73 bits per heavy atom. The lowest BCUT2D eigenvalue weighted by atomic mass is 10.2. The molecule has 0 bridgehead atoms. The number of hydrogen-bond acceptors (Lipinski definition) is 3. The van der Waals surface area contributed by atoms with Gasteiger partial charge in [0.25, 0.3) is 0 Å². The van der Waals surface area contributed by atoms with E-state index in [0.717, 1.165) is 5.56 Å². The van der Waals surface area contributed by atoms with Crippen molar-refractivity contribution in [2.24, 2.45) is 0 Å². The summed E-state index contributed by atoms with van der Waals surface area (Å²) in [6, 6.07) is 9.52. The van der Waals surface area contributed by atoms with Gasteiger partial charge in [0.2, 0.25) is 5.82 Å². The first kappa shape index (κ1) is 9.39. The molecule has 0 fully saturated rings. The lowest BCUT2D eigenvalue weighted by molar-refractivity contribution is 0.0677. The zero-order chi connectivity index (χ0) is 10.7. The van der Waals surface area contributed by atoms with Gasteiger partial charge in [0.05, 0.1) is 6.54 Å². The molecule has 0 saturated carbocycles. The van der Waals surface area contributed by atoms with Crippen LogP contribution < -0.4 is 0 Å². The number of aromatic carboxylic acids is 1. The molecular weight excluding hydrogens is 194 g/mol. The first-order chi connectivity index (χ1) is 7.27. The van der Waals surface area contributed by atoms with Crippen LogP contribution in [0.3, 0.4) is 0 Å². The van der Waals surface area contributed by atoms with E-state index in [2.05, 4.69) is 10.1 Å². The number of carbonyl (C=O) groups is 1. The molecule has 76 valence electrons. The van der Waals surface area contributed by atoms with Crippen LogP contribution in [0.25, 0.3) is 0 Å². The molecule has 0 saturated heterocycles. The average molecular weight is 203 g/mol. The normalized spacial score (nSPS) is 10.1. The van der Waals surface area contributed by atoms with Crippen molar-refractivity contribution in [2.75, 3.05) is 0 Å². The third-order valence-corrected chi connectivity index (χ3v) is 1.98. The fourth-order valence-electron chi connectivity index (χ4n) is 1.30. The van der Waals surface area contributed by atoms with E-state index >= 15 is 0 Å². The minimum Gasteiger partial charge on any atom is -0.475 e. The van der Waals surface area contributed by atoms with Crippen molar-refractivity contribution in [1.82, 2.24) is 14.8 Å². The zero-order valence-corrected chi connectivity index (χ0v) is 7.87. The summed E-state index contributed by atoms with van der Waals surface area (Å²) in [6.45, 7) is 0.419. The van der Waals surface area contributed by atoms with Gasteiger partial charge in [0, 0.05) is 0 Å². The Morgan fingerprint density at radius 1 is 1.33 bits per heavy atom. The number of benzene rings is 1. The number of rotatable bonds is 3. The fourth-order valence-corrected chi connectivity index (χ4v) is 1.30. The quantitative estimate of drug-likeness (QED) is 0.808. The fraction of sp³-hybridized carbons (Fsp3) is 0.100. The number of nitrogens with zero attached hydrogens (tertiary/aromatic N) is 3. The Hall–Kier alpha value is -2.17. The van der Waals surface area contributed by atoms with Crippen LogP contribution in [0, 0.1) is 0 Å². The molecule has 15 heavy (non-hydrogen) atoms. The molecule has 5 nitrogen and oxygen atoms in total. The Bertz CT molecular complexity index is 465. The van der Waals surface area contributed by atoms with E-state index < -0.39 is 5.97 Å². The summed E-state index contributed by atoms with van der Waals surface area (Å²) in [5, 5.41) is 12.7. The van der Waals surface area contributed by atoms with E-state index in [1.165, 1.54) is 11.0 Å². The second kappa shape index (κ2) is 3.91. The molecular formula is C10H9N3O2. The summed E-state index contributed by atoms with van der Waals surface area (Å²) >= 11 is 0. The highest BCUT2D eigenvalue weighted by Gasteiger charge is 2.11. The van der Waals surface area contributed by atoms with Gasteiger partial charge in [-0.1, -0.05) is 30.3 Å². The molecule has 0 aliphatic heterocycles. The van der Waals surface area contributed by atoms with Gasteiger partial charge in [0.1, 0.15) is 6.33 Å². The summed E-state index contributed by atoms with van der Waals surface area (Å²) in [7, 11) is 0. The maximum absolute atomic E-state index is 10.7. The van der Waals surface area contributed by atoms with E-state index in [4.69, 9.17) is 5.11 Å². The summed E-state index contributed by atoms with van der Waals surface area (Å²) in [5.74, 6) is -1.11. The Kier molecular flexibility index (Phi) is 2.45. The van der Waals surface area contributed by atoms with Crippen LogP contribution >= 0.6 is 0 Å². The molecule has 0 amide bonds. The lowest BCUT2D eigenvalue weighted by Crippen LogP contribution is -2.11. The highest BCUT2D eigenvalue weighted by molar-refractivity contribution is 5.83. The van der Waals surface area contributed by atoms with Crippen molar-refractivity contribution < 1.29 is 9.90 Å². The zero-order valence-electron chi connectivity index (χ0n) is 7.87. The van der Waals surface area contributed by atoms with Gasteiger partial charge in [-0.05, 0) is 5.56 Å².